The van der Waals surface area contributed by atoms with E-state index in [1.54, 1.807) is 19.1 Å². The second-order valence-corrected chi connectivity index (χ2v) is 8.66. The number of H-pyrrole nitrogens is 1. The zero-order chi connectivity index (χ0) is 23.3. The van der Waals surface area contributed by atoms with E-state index >= 15 is 0 Å². The van der Waals surface area contributed by atoms with E-state index in [1.807, 2.05) is 4.98 Å². The SMILES string of the molecule is Cc1ccc(S(=O)(=O)OC[C@H]2COc3ccc4[nH]c(C(F)(F)C(F)(F)F)nc4c3O2)cc1. The van der Waals surface area contributed by atoms with Crippen LogP contribution in [0.5, 0.6) is 11.5 Å². The minimum absolute atomic E-state index is 0.0588. The third kappa shape index (κ3) is 3.97. The van der Waals surface area contributed by atoms with Gasteiger partial charge in [0.15, 0.2) is 23.4 Å². The molecule has 0 amide bonds. The molecule has 3 aromatic rings. The van der Waals surface area contributed by atoms with Crippen LogP contribution in [-0.4, -0.2) is 43.9 Å². The van der Waals surface area contributed by atoms with Crippen molar-refractivity contribution in [2.45, 2.75) is 30.0 Å². The van der Waals surface area contributed by atoms with Crippen LogP contribution in [0, 0.1) is 6.92 Å². The van der Waals surface area contributed by atoms with Crippen molar-refractivity contribution in [1.82, 2.24) is 9.97 Å². The van der Waals surface area contributed by atoms with Crippen LogP contribution in [0.15, 0.2) is 41.3 Å². The van der Waals surface area contributed by atoms with Crippen molar-refractivity contribution in [3.8, 4) is 11.5 Å². The van der Waals surface area contributed by atoms with Gasteiger partial charge >= 0.3 is 12.1 Å². The first kappa shape index (κ1) is 22.3. The van der Waals surface area contributed by atoms with E-state index in [4.69, 9.17) is 13.7 Å². The zero-order valence-electron chi connectivity index (χ0n) is 16.2. The Hall–Kier alpha value is -2.93. The van der Waals surface area contributed by atoms with Crippen LogP contribution in [0.3, 0.4) is 0 Å². The fraction of sp³-hybridized carbons (Fsp3) is 0.316. The zero-order valence-corrected chi connectivity index (χ0v) is 17.1. The highest BCUT2D eigenvalue weighted by atomic mass is 32.2. The van der Waals surface area contributed by atoms with Crippen molar-refractivity contribution in [2.75, 3.05) is 13.2 Å². The summed E-state index contributed by atoms with van der Waals surface area (Å²) in [5.74, 6) is -6.95. The first-order chi connectivity index (χ1) is 14.9. The summed E-state index contributed by atoms with van der Waals surface area (Å²) < 4.78 is 106. The third-order valence-corrected chi connectivity index (χ3v) is 5.95. The Morgan fingerprint density at radius 1 is 1.12 bits per heavy atom. The molecule has 0 saturated heterocycles. The molecule has 2 heterocycles. The summed E-state index contributed by atoms with van der Waals surface area (Å²) in [6, 6.07) is 8.46. The van der Waals surface area contributed by atoms with Crippen molar-refractivity contribution in [3.05, 3.63) is 47.8 Å². The van der Waals surface area contributed by atoms with Crippen LogP contribution >= 0.6 is 0 Å². The molecule has 7 nitrogen and oxygen atoms in total. The number of rotatable bonds is 5. The highest BCUT2D eigenvalue weighted by Crippen LogP contribution is 2.45. The number of benzene rings is 2. The molecule has 1 aliphatic rings. The van der Waals surface area contributed by atoms with Gasteiger partial charge in [0.05, 0.1) is 10.4 Å². The molecule has 0 radical (unpaired) electrons. The predicted octanol–water partition coefficient (Wildman–Crippen LogP) is 4.07. The number of imidazole rings is 1. The first-order valence-electron chi connectivity index (χ1n) is 9.12. The lowest BCUT2D eigenvalue weighted by molar-refractivity contribution is -0.292. The van der Waals surface area contributed by atoms with Gasteiger partial charge in [-0.05, 0) is 31.2 Å². The molecule has 0 unspecified atom stereocenters. The normalized spacial score (nSPS) is 17.0. The second kappa shape index (κ2) is 7.59. The van der Waals surface area contributed by atoms with Gasteiger partial charge in [-0.25, -0.2) is 4.98 Å². The van der Waals surface area contributed by atoms with Gasteiger partial charge in [0.25, 0.3) is 10.1 Å². The maximum Gasteiger partial charge on any atom is 0.461 e. The van der Waals surface area contributed by atoms with Gasteiger partial charge < -0.3 is 14.5 Å². The van der Waals surface area contributed by atoms with E-state index in [-0.39, 0.29) is 34.0 Å². The Labute approximate surface area is 178 Å². The van der Waals surface area contributed by atoms with Gasteiger partial charge in [0.2, 0.25) is 0 Å². The molecule has 1 aromatic heterocycles. The highest BCUT2D eigenvalue weighted by molar-refractivity contribution is 7.86. The van der Waals surface area contributed by atoms with Crippen molar-refractivity contribution in [1.29, 1.82) is 0 Å². The molecule has 1 atom stereocenters. The molecule has 32 heavy (non-hydrogen) atoms. The van der Waals surface area contributed by atoms with E-state index in [0.717, 1.165) is 5.56 Å². The third-order valence-electron chi connectivity index (χ3n) is 4.65. The molecule has 0 aliphatic carbocycles. The standard InChI is InChI=1S/C19H15F5N2O5S/c1-10-2-4-12(5-3-10)32(27,28)30-9-11-8-29-14-7-6-13-15(16(14)31-11)26-17(25-13)18(20,21)19(22,23)24/h2-7,11H,8-9H2,1H3,(H,25,26)/t11-/m1/s1. The molecule has 13 heteroatoms. The molecule has 0 saturated carbocycles. The van der Waals surface area contributed by atoms with E-state index in [9.17, 15) is 30.4 Å². The molecule has 4 rings (SSSR count). The smallest absolute Gasteiger partial charge is 0.461 e. The first-order valence-corrected chi connectivity index (χ1v) is 10.5. The molecule has 172 valence electrons. The number of hydrogen-bond acceptors (Lipinski definition) is 6. The molecular formula is C19H15F5N2O5S. The Kier molecular flexibility index (Phi) is 5.28. The van der Waals surface area contributed by atoms with Crippen LogP contribution in [0.4, 0.5) is 22.0 Å². The van der Waals surface area contributed by atoms with Crippen LogP contribution < -0.4 is 9.47 Å². The Bertz CT molecular complexity index is 1260. The molecule has 0 spiro atoms. The van der Waals surface area contributed by atoms with E-state index in [1.165, 1.54) is 24.3 Å². The summed E-state index contributed by atoms with van der Waals surface area (Å²) in [4.78, 5) is 5.24. The van der Waals surface area contributed by atoms with Crippen LogP contribution in [0.2, 0.25) is 0 Å². The van der Waals surface area contributed by atoms with Gasteiger partial charge in [-0.15, -0.1) is 0 Å². The average Bonchev–Trinajstić information content (AvgIpc) is 3.17. The number of fused-ring (bicyclic) bond motifs is 3. The molecule has 2 aromatic carbocycles. The van der Waals surface area contributed by atoms with Crippen LogP contribution in [0.1, 0.15) is 11.4 Å². The van der Waals surface area contributed by atoms with Gasteiger partial charge in [-0.1, -0.05) is 17.7 Å². The van der Waals surface area contributed by atoms with E-state index in [2.05, 4.69) is 4.98 Å². The molecule has 0 bridgehead atoms. The van der Waals surface area contributed by atoms with Gasteiger partial charge in [0, 0.05) is 0 Å². The predicted molar refractivity (Wildman–Crippen MR) is 100 cm³/mol. The monoisotopic (exact) mass is 478 g/mol. The molecular weight excluding hydrogens is 463 g/mol. The van der Waals surface area contributed by atoms with Gasteiger partial charge in [0.1, 0.15) is 18.7 Å². The number of hydrogen-bond donors (Lipinski definition) is 1. The number of nitrogens with zero attached hydrogens (tertiary/aromatic N) is 1. The molecule has 1 aliphatic heterocycles. The lowest BCUT2D eigenvalue weighted by Crippen LogP contribution is -2.35. The van der Waals surface area contributed by atoms with Crippen molar-refractivity contribution in [2.24, 2.45) is 0 Å². The van der Waals surface area contributed by atoms with Crippen molar-refractivity contribution < 1.29 is 44.0 Å². The van der Waals surface area contributed by atoms with Crippen LogP contribution in [0.25, 0.3) is 11.0 Å². The average molecular weight is 478 g/mol. The summed E-state index contributed by atoms with van der Waals surface area (Å²) >= 11 is 0. The number of ether oxygens (including phenoxy) is 2. The van der Waals surface area contributed by atoms with Crippen LogP contribution in [-0.2, 0) is 20.2 Å². The molecule has 0 fully saturated rings. The topological polar surface area (TPSA) is 90.5 Å². The minimum atomic E-state index is -5.85. The molecule has 1 N–H and O–H groups in total. The maximum atomic E-state index is 13.7. The minimum Gasteiger partial charge on any atom is -0.486 e. The number of nitrogens with one attached hydrogen (secondary N) is 1. The van der Waals surface area contributed by atoms with E-state index in [0.29, 0.717) is 0 Å². The summed E-state index contributed by atoms with van der Waals surface area (Å²) in [7, 11) is -4.11. The number of aromatic nitrogens is 2. The highest BCUT2D eigenvalue weighted by Gasteiger charge is 2.61. The number of aromatic amines is 1. The number of aryl methyl sites for hydroxylation is 1. The lowest BCUT2D eigenvalue weighted by Gasteiger charge is -2.26. The fourth-order valence-electron chi connectivity index (χ4n) is 2.95. The van der Waals surface area contributed by atoms with Gasteiger partial charge in [-0.2, -0.15) is 30.4 Å². The Morgan fingerprint density at radius 2 is 1.81 bits per heavy atom. The largest absolute Gasteiger partial charge is 0.486 e. The van der Waals surface area contributed by atoms with Crippen molar-refractivity contribution >= 4 is 21.2 Å². The quantitative estimate of drug-likeness (QED) is 0.439. The number of alkyl halides is 5. The second-order valence-electron chi connectivity index (χ2n) is 7.05. The van der Waals surface area contributed by atoms with E-state index < -0.39 is 40.8 Å². The van der Waals surface area contributed by atoms with Crippen molar-refractivity contribution in [3.63, 3.8) is 0 Å². The summed E-state index contributed by atoms with van der Waals surface area (Å²) in [6.45, 7) is 1.16. The Balaban J connectivity index is 1.56. The Morgan fingerprint density at radius 3 is 2.47 bits per heavy atom. The summed E-state index contributed by atoms with van der Waals surface area (Å²) in [5, 5.41) is 0. The lowest BCUT2D eigenvalue weighted by atomic mass is 10.2. The van der Waals surface area contributed by atoms with Gasteiger partial charge in [-0.3, -0.25) is 4.18 Å². The number of halogens is 5. The summed E-state index contributed by atoms with van der Waals surface area (Å²) in [5.41, 5.74) is 0.399. The summed E-state index contributed by atoms with van der Waals surface area (Å²) in [6.07, 6.45) is -6.84. The fourth-order valence-corrected chi connectivity index (χ4v) is 3.88. The maximum absolute atomic E-state index is 13.7.